The summed E-state index contributed by atoms with van der Waals surface area (Å²) in [6, 6.07) is 11.5. The Morgan fingerprint density at radius 3 is 2.56 bits per heavy atom. The minimum absolute atomic E-state index is 0.160. The zero-order valence-electron chi connectivity index (χ0n) is 14.4. The number of aromatic amines is 1. The van der Waals surface area contributed by atoms with Gasteiger partial charge in [-0.15, -0.1) is 0 Å². The van der Waals surface area contributed by atoms with Gasteiger partial charge in [0, 0.05) is 5.69 Å². The number of carbonyl (C=O) groups excluding carboxylic acids is 2. The number of rotatable bonds is 3. The summed E-state index contributed by atoms with van der Waals surface area (Å²) in [5, 5.41) is 5.21. The van der Waals surface area contributed by atoms with Gasteiger partial charge in [0.1, 0.15) is 5.82 Å². The number of amides is 2. The fraction of sp³-hybridized carbons (Fsp3) is 0.211. The average Bonchev–Trinajstić information content (AvgIpc) is 2.99. The second-order valence-electron chi connectivity index (χ2n) is 6.11. The fourth-order valence-corrected chi connectivity index (χ4v) is 2.69. The molecule has 0 saturated heterocycles. The van der Waals surface area contributed by atoms with E-state index in [1.54, 1.807) is 6.07 Å². The molecule has 0 saturated carbocycles. The molecule has 6 nitrogen and oxygen atoms in total. The second-order valence-corrected chi connectivity index (χ2v) is 6.11. The molecule has 0 fully saturated rings. The zero-order chi connectivity index (χ0) is 18.0. The van der Waals surface area contributed by atoms with Crippen LogP contribution in [-0.4, -0.2) is 21.8 Å². The largest absolute Gasteiger partial charge is 0.341 e. The lowest BCUT2D eigenvalue weighted by molar-refractivity contribution is -0.136. The summed E-state index contributed by atoms with van der Waals surface area (Å²) in [6.45, 7) is 5.99. The molecule has 0 atom stereocenters. The third kappa shape index (κ3) is 3.68. The standard InChI is InChI=1S/C19H20N4O2/c1-11-7-8-14(13(3)9-11)22-19(25)18(24)20-10-16-21-15-6-4-5-12(2)17(15)23-16/h4-9H,10H2,1-3H3,(H,20,24)(H,21,23)(H,22,25). The van der Waals surface area contributed by atoms with Crippen molar-refractivity contribution in [3.8, 4) is 0 Å². The van der Waals surface area contributed by atoms with Gasteiger partial charge in [0.05, 0.1) is 17.6 Å². The third-order valence-electron chi connectivity index (χ3n) is 4.02. The van der Waals surface area contributed by atoms with Crippen LogP contribution < -0.4 is 10.6 Å². The molecule has 0 radical (unpaired) electrons. The van der Waals surface area contributed by atoms with E-state index >= 15 is 0 Å². The van der Waals surface area contributed by atoms with E-state index in [-0.39, 0.29) is 6.54 Å². The fourth-order valence-electron chi connectivity index (χ4n) is 2.69. The highest BCUT2D eigenvalue weighted by Crippen LogP contribution is 2.16. The molecular weight excluding hydrogens is 316 g/mol. The number of benzene rings is 2. The third-order valence-corrected chi connectivity index (χ3v) is 4.02. The van der Waals surface area contributed by atoms with Crippen molar-refractivity contribution in [1.29, 1.82) is 0 Å². The zero-order valence-corrected chi connectivity index (χ0v) is 14.4. The SMILES string of the molecule is Cc1ccc(NC(=O)C(=O)NCc2nc3c(C)cccc3[nH]2)c(C)c1. The van der Waals surface area contributed by atoms with E-state index in [1.807, 2.05) is 51.1 Å². The Morgan fingerprint density at radius 2 is 1.84 bits per heavy atom. The number of nitrogens with one attached hydrogen (secondary N) is 3. The molecule has 3 rings (SSSR count). The molecule has 0 aliphatic rings. The topological polar surface area (TPSA) is 86.9 Å². The quantitative estimate of drug-likeness (QED) is 0.643. The highest BCUT2D eigenvalue weighted by atomic mass is 16.2. The summed E-state index contributed by atoms with van der Waals surface area (Å²) in [5.41, 5.74) is 5.47. The lowest BCUT2D eigenvalue weighted by atomic mass is 10.1. The first-order valence-corrected chi connectivity index (χ1v) is 8.04. The van der Waals surface area contributed by atoms with Crippen molar-refractivity contribution in [3.05, 3.63) is 58.9 Å². The first kappa shape index (κ1) is 16.7. The van der Waals surface area contributed by atoms with Gasteiger partial charge in [0.2, 0.25) is 0 Å². The van der Waals surface area contributed by atoms with Crippen molar-refractivity contribution < 1.29 is 9.59 Å². The van der Waals surface area contributed by atoms with Crippen molar-refractivity contribution in [2.24, 2.45) is 0 Å². The van der Waals surface area contributed by atoms with Gasteiger partial charge in [-0.3, -0.25) is 9.59 Å². The van der Waals surface area contributed by atoms with Crippen molar-refractivity contribution in [1.82, 2.24) is 15.3 Å². The normalized spacial score (nSPS) is 10.7. The lowest BCUT2D eigenvalue weighted by Crippen LogP contribution is -2.35. The molecule has 3 N–H and O–H groups in total. The maximum atomic E-state index is 12.0. The lowest BCUT2D eigenvalue weighted by Gasteiger charge is -2.09. The maximum Gasteiger partial charge on any atom is 0.313 e. The van der Waals surface area contributed by atoms with Gasteiger partial charge in [0.15, 0.2) is 0 Å². The minimum atomic E-state index is -0.697. The van der Waals surface area contributed by atoms with Crippen LogP contribution in [0.2, 0.25) is 0 Å². The van der Waals surface area contributed by atoms with Gasteiger partial charge in [-0.2, -0.15) is 0 Å². The van der Waals surface area contributed by atoms with Crippen molar-refractivity contribution in [3.63, 3.8) is 0 Å². The Bertz CT molecular complexity index is 959. The van der Waals surface area contributed by atoms with Crippen LogP contribution in [0.5, 0.6) is 0 Å². The summed E-state index contributed by atoms with van der Waals surface area (Å²) in [4.78, 5) is 31.6. The van der Waals surface area contributed by atoms with Gasteiger partial charge in [-0.05, 0) is 44.0 Å². The van der Waals surface area contributed by atoms with Crippen molar-refractivity contribution in [2.75, 3.05) is 5.32 Å². The molecule has 1 heterocycles. The molecule has 2 aromatic carbocycles. The number of H-pyrrole nitrogens is 1. The number of hydrogen-bond acceptors (Lipinski definition) is 3. The second kappa shape index (κ2) is 6.76. The van der Waals surface area contributed by atoms with Crippen molar-refractivity contribution in [2.45, 2.75) is 27.3 Å². The highest BCUT2D eigenvalue weighted by Gasteiger charge is 2.15. The van der Waals surface area contributed by atoms with E-state index in [9.17, 15) is 9.59 Å². The van der Waals surface area contributed by atoms with Crippen LogP contribution in [0, 0.1) is 20.8 Å². The van der Waals surface area contributed by atoms with Gasteiger partial charge in [-0.1, -0.05) is 29.8 Å². The summed E-state index contributed by atoms with van der Waals surface area (Å²) in [7, 11) is 0. The summed E-state index contributed by atoms with van der Waals surface area (Å²) in [6.07, 6.45) is 0. The van der Waals surface area contributed by atoms with Gasteiger partial charge in [0.25, 0.3) is 0 Å². The van der Waals surface area contributed by atoms with E-state index in [1.165, 1.54) is 0 Å². The number of aryl methyl sites for hydroxylation is 3. The number of hydrogen-bond donors (Lipinski definition) is 3. The Morgan fingerprint density at radius 1 is 1.04 bits per heavy atom. The first-order chi connectivity index (χ1) is 11.9. The number of anilines is 1. The molecule has 25 heavy (non-hydrogen) atoms. The monoisotopic (exact) mass is 336 g/mol. The Hall–Kier alpha value is -3.15. The molecule has 0 bridgehead atoms. The Kier molecular flexibility index (Phi) is 4.52. The number of fused-ring (bicyclic) bond motifs is 1. The van der Waals surface area contributed by atoms with Crippen LogP contribution >= 0.6 is 0 Å². The molecule has 6 heteroatoms. The summed E-state index contributed by atoms with van der Waals surface area (Å²) in [5.74, 6) is -0.784. The van der Waals surface area contributed by atoms with Gasteiger partial charge >= 0.3 is 11.8 Å². The molecule has 2 amide bonds. The van der Waals surface area contributed by atoms with E-state index in [4.69, 9.17) is 0 Å². The molecule has 1 aromatic heterocycles. The summed E-state index contributed by atoms with van der Waals surface area (Å²) >= 11 is 0. The highest BCUT2D eigenvalue weighted by molar-refractivity contribution is 6.39. The molecule has 0 aliphatic heterocycles. The van der Waals surface area contributed by atoms with Crippen molar-refractivity contribution >= 4 is 28.5 Å². The minimum Gasteiger partial charge on any atom is -0.341 e. The van der Waals surface area contributed by atoms with Crippen LogP contribution in [0.4, 0.5) is 5.69 Å². The Balaban J connectivity index is 1.63. The number of imidazole rings is 1. The van der Waals surface area contributed by atoms with Gasteiger partial charge < -0.3 is 15.6 Å². The molecule has 3 aromatic rings. The average molecular weight is 336 g/mol. The number of para-hydroxylation sites is 1. The van der Waals surface area contributed by atoms with Crippen LogP contribution in [0.15, 0.2) is 36.4 Å². The van der Waals surface area contributed by atoms with Crippen LogP contribution in [0.3, 0.4) is 0 Å². The van der Waals surface area contributed by atoms with E-state index in [0.717, 1.165) is 27.7 Å². The maximum absolute atomic E-state index is 12.0. The predicted molar refractivity (Wildman–Crippen MR) is 97.2 cm³/mol. The van der Waals surface area contributed by atoms with E-state index < -0.39 is 11.8 Å². The predicted octanol–water partition coefficient (Wildman–Crippen LogP) is 2.74. The number of nitrogens with zero attached hydrogens (tertiary/aromatic N) is 1. The number of aromatic nitrogens is 2. The molecular formula is C19H20N4O2. The van der Waals surface area contributed by atoms with E-state index in [2.05, 4.69) is 20.6 Å². The smallest absolute Gasteiger partial charge is 0.313 e. The molecule has 0 unspecified atom stereocenters. The Labute approximate surface area is 145 Å². The number of carbonyl (C=O) groups is 2. The van der Waals surface area contributed by atoms with Gasteiger partial charge in [-0.25, -0.2) is 4.98 Å². The molecule has 0 spiro atoms. The molecule has 0 aliphatic carbocycles. The van der Waals surface area contributed by atoms with Crippen LogP contribution in [-0.2, 0) is 16.1 Å². The summed E-state index contributed by atoms with van der Waals surface area (Å²) < 4.78 is 0. The van der Waals surface area contributed by atoms with E-state index in [0.29, 0.717) is 11.5 Å². The molecule has 128 valence electrons. The first-order valence-electron chi connectivity index (χ1n) is 8.04. The van der Waals surface area contributed by atoms with Crippen LogP contribution in [0.1, 0.15) is 22.5 Å². The van der Waals surface area contributed by atoms with Crippen LogP contribution in [0.25, 0.3) is 11.0 Å².